The molecule has 0 spiro atoms. The second kappa shape index (κ2) is 8.53. The predicted molar refractivity (Wildman–Crippen MR) is 102 cm³/mol. The Morgan fingerprint density at radius 3 is 1.00 bits per heavy atom. The first kappa shape index (κ1) is 20.9. The molecule has 5 rings (SSSR count). The summed E-state index contributed by atoms with van der Waals surface area (Å²) >= 11 is 0. The summed E-state index contributed by atoms with van der Waals surface area (Å²) in [6, 6.07) is 16.4. The number of hydrogen-bond donors (Lipinski definition) is 2. The van der Waals surface area contributed by atoms with E-state index in [2.05, 4.69) is 44.2 Å². The second-order valence-corrected chi connectivity index (χ2v) is 5.91. The van der Waals surface area contributed by atoms with E-state index in [-0.39, 0.29) is 39.6 Å². The first-order chi connectivity index (χ1) is 11.8. The van der Waals surface area contributed by atoms with Crippen LogP contribution in [0, 0.1) is 0 Å². The van der Waals surface area contributed by atoms with E-state index in [1.165, 1.54) is 0 Å². The van der Waals surface area contributed by atoms with Crippen molar-refractivity contribution in [3.63, 3.8) is 0 Å². The van der Waals surface area contributed by atoms with E-state index in [1.54, 1.807) is 0 Å². The fourth-order valence-electron chi connectivity index (χ4n) is 2.94. The Balaban J connectivity index is 0.000000871. The number of aromatic amines is 2. The molecule has 4 N–H and O–H groups in total. The van der Waals surface area contributed by atoms with Crippen molar-refractivity contribution in [1.82, 2.24) is 19.9 Å². The maximum Gasteiger partial charge on any atom is 0.0658 e. The molecule has 0 saturated heterocycles. The summed E-state index contributed by atoms with van der Waals surface area (Å²) in [6.07, 6.45) is 8.09. The third-order valence-electron chi connectivity index (χ3n) is 4.04. The van der Waals surface area contributed by atoms with Gasteiger partial charge in [0.2, 0.25) is 0 Å². The van der Waals surface area contributed by atoms with Crippen LogP contribution in [0.2, 0.25) is 0 Å². The summed E-state index contributed by atoms with van der Waals surface area (Å²) in [5, 5.41) is 0. The zero-order valence-electron chi connectivity index (χ0n) is 14.0. The summed E-state index contributed by atoms with van der Waals surface area (Å²) in [7, 11) is 0. The van der Waals surface area contributed by atoms with Gasteiger partial charge in [0.15, 0.2) is 0 Å². The van der Waals surface area contributed by atoms with Gasteiger partial charge in [-0.25, -0.2) is 9.97 Å². The van der Waals surface area contributed by atoms with Gasteiger partial charge in [-0.2, -0.15) is 0 Å². The Labute approximate surface area is 176 Å². The average Bonchev–Trinajstić information content (AvgIpc) is 3.32. The molecule has 7 heteroatoms. The minimum atomic E-state index is 0. The molecule has 0 aliphatic carbocycles. The van der Waals surface area contributed by atoms with Crippen LogP contribution in [0.3, 0.4) is 0 Å². The van der Waals surface area contributed by atoms with Crippen LogP contribution < -0.4 is 0 Å². The molecule has 0 radical (unpaired) electrons. The van der Waals surface area contributed by atoms with Crippen LogP contribution in [-0.4, -0.2) is 25.4 Å². The van der Waals surface area contributed by atoms with E-state index in [1.807, 2.05) is 48.6 Å². The van der Waals surface area contributed by atoms with Crippen molar-refractivity contribution in [2.24, 2.45) is 0 Å². The molecule has 2 aliphatic rings. The largest absolute Gasteiger partial charge is 0.412 e. The molecule has 0 amide bonds. The van der Waals surface area contributed by atoms with Crippen molar-refractivity contribution in [1.29, 1.82) is 0 Å². The van der Waals surface area contributed by atoms with Gasteiger partial charge in [-0.1, -0.05) is 0 Å². The molecule has 2 aliphatic heterocycles. The van der Waals surface area contributed by atoms with Crippen LogP contribution in [-0.2, 0) is 34.1 Å². The average molecular weight is 440 g/mol. The summed E-state index contributed by atoms with van der Waals surface area (Å²) in [5.41, 5.74) is 7.86. The monoisotopic (exact) mass is 440 g/mol. The van der Waals surface area contributed by atoms with E-state index in [0.717, 1.165) is 44.8 Å². The molecule has 3 aromatic heterocycles. The van der Waals surface area contributed by atoms with Crippen molar-refractivity contribution in [2.75, 3.05) is 0 Å². The molecule has 27 heavy (non-hydrogen) atoms. The number of hydrogen-bond acceptors (Lipinski definition) is 2. The standard InChI is InChI=1S/C20H14N4.2Fe.H2O/c1-2-14-10-16-5-6-18(23-16)12-20-8-7-19(24-20)11-17-4-3-15(22-17)9-13(1)21-14;;;/h1-12,21,24H;;;1H2. The SMILES string of the molecule is C1=Cc2cc3ccc(cc4nc(cc5ccc(cc1n2)[nH]5)C=C4)[nH]3.O.[Fe].[Fe]. The summed E-state index contributed by atoms with van der Waals surface area (Å²) in [6.45, 7) is 0. The first-order valence-corrected chi connectivity index (χ1v) is 7.85. The maximum atomic E-state index is 4.63. The number of aromatic nitrogens is 4. The van der Waals surface area contributed by atoms with Gasteiger partial charge in [-0.3, -0.25) is 0 Å². The Bertz CT molecular complexity index is 1000. The van der Waals surface area contributed by atoms with Gasteiger partial charge in [0.05, 0.1) is 22.8 Å². The smallest absolute Gasteiger partial charge is 0.0658 e. The molecule has 0 fully saturated rings. The molecule has 138 valence electrons. The fraction of sp³-hybridized carbons (Fsp3) is 0. The van der Waals surface area contributed by atoms with Gasteiger partial charge < -0.3 is 15.4 Å². The number of nitrogens with one attached hydrogen (secondary N) is 2. The maximum absolute atomic E-state index is 4.63. The van der Waals surface area contributed by atoms with Crippen molar-refractivity contribution in [2.45, 2.75) is 0 Å². The molecule has 5 nitrogen and oxygen atoms in total. The zero-order chi connectivity index (χ0) is 15.9. The summed E-state index contributed by atoms with van der Waals surface area (Å²) in [5.74, 6) is 0. The molecule has 8 bridgehead atoms. The minimum Gasteiger partial charge on any atom is -0.412 e. The number of fused-ring (bicyclic) bond motifs is 8. The Morgan fingerprint density at radius 1 is 0.481 bits per heavy atom. The van der Waals surface area contributed by atoms with Gasteiger partial charge in [-0.05, 0) is 72.8 Å². The Morgan fingerprint density at radius 2 is 0.741 bits per heavy atom. The normalized spacial score (nSPS) is 11.3. The molecule has 0 atom stereocenters. The van der Waals surface area contributed by atoms with Crippen molar-refractivity contribution in [3.05, 3.63) is 71.3 Å². The predicted octanol–water partition coefficient (Wildman–Crippen LogP) is 3.83. The van der Waals surface area contributed by atoms with E-state index in [9.17, 15) is 0 Å². The van der Waals surface area contributed by atoms with Gasteiger partial charge in [0, 0.05) is 56.2 Å². The van der Waals surface area contributed by atoms with Crippen molar-refractivity contribution < 1.29 is 39.6 Å². The fourth-order valence-corrected chi connectivity index (χ4v) is 2.94. The molecule has 0 aromatic carbocycles. The zero-order valence-corrected chi connectivity index (χ0v) is 16.2. The van der Waals surface area contributed by atoms with Gasteiger partial charge in [-0.15, -0.1) is 0 Å². The molecule has 5 heterocycles. The van der Waals surface area contributed by atoms with Crippen molar-refractivity contribution in [3.8, 4) is 0 Å². The first-order valence-electron chi connectivity index (χ1n) is 7.85. The minimum absolute atomic E-state index is 0. The van der Waals surface area contributed by atoms with Gasteiger partial charge in [0.1, 0.15) is 0 Å². The van der Waals surface area contributed by atoms with Crippen LogP contribution in [0.1, 0.15) is 22.8 Å². The number of rotatable bonds is 0. The Hall–Kier alpha value is -2.40. The molecule has 3 aromatic rings. The summed E-state index contributed by atoms with van der Waals surface area (Å²) in [4.78, 5) is 16.0. The number of nitrogens with zero attached hydrogens (tertiary/aromatic N) is 2. The molecular formula is C20H16Fe2N4O. The van der Waals surface area contributed by atoms with Gasteiger partial charge >= 0.3 is 0 Å². The topological polar surface area (TPSA) is 88.9 Å². The van der Waals surface area contributed by atoms with E-state index in [4.69, 9.17) is 0 Å². The molecule has 0 unspecified atom stereocenters. The number of H-pyrrole nitrogens is 2. The summed E-state index contributed by atoms with van der Waals surface area (Å²) < 4.78 is 0. The molecular weight excluding hydrogens is 424 g/mol. The second-order valence-electron chi connectivity index (χ2n) is 5.91. The Kier molecular flexibility index (Phi) is 6.60. The van der Waals surface area contributed by atoms with Crippen LogP contribution in [0.5, 0.6) is 0 Å². The van der Waals surface area contributed by atoms with Crippen LogP contribution >= 0.6 is 0 Å². The van der Waals surface area contributed by atoms with Crippen LogP contribution in [0.25, 0.3) is 46.4 Å². The van der Waals surface area contributed by atoms with E-state index in [0.29, 0.717) is 0 Å². The van der Waals surface area contributed by atoms with E-state index >= 15 is 0 Å². The van der Waals surface area contributed by atoms with Crippen molar-refractivity contribution >= 4 is 46.4 Å². The molecule has 0 saturated carbocycles. The van der Waals surface area contributed by atoms with E-state index < -0.39 is 0 Å². The third-order valence-corrected chi connectivity index (χ3v) is 4.04. The third kappa shape index (κ3) is 4.48. The van der Waals surface area contributed by atoms with Crippen LogP contribution in [0.15, 0.2) is 48.5 Å². The van der Waals surface area contributed by atoms with Gasteiger partial charge in [0.25, 0.3) is 0 Å². The van der Waals surface area contributed by atoms with Crippen LogP contribution in [0.4, 0.5) is 0 Å². The quantitative estimate of drug-likeness (QED) is 0.359.